The molecule has 0 saturated carbocycles. The number of carbonyl (C=O) groups excluding carboxylic acids is 3. The van der Waals surface area contributed by atoms with Crippen LogP contribution < -0.4 is 10.6 Å². The van der Waals surface area contributed by atoms with Crippen molar-refractivity contribution in [3.63, 3.8) is 0 Å². The molecular formula is C32H38ClN3O5. The molecule has 41 heavy (non-hydrogen) atoms. The third-order valence-corrected chi connectivity index (χ3v) is 6.86. The summed E-state index contributed by atoms with van der Waals surface area (Å²) >= 11 is 6.38. The molecule has 3 aromatic carbocycles. The normalized spacial score (nSPS) is 13.1. The molecule has 0 heterocycles. The molecule has 3 N–H and O–H groups in total. The number of aldehydes is 1. The number of nitrogens with zero attached hydrogens (tertiary/aromatic N) is 1. The van der Waals surface area contributed by atoms with Crippen LogP contribution in [0.3, 0.4) is 0 Å². The molecular weight excluding hydrogens is 542 g/mol. The summed E-state index contributed by atoms with van der Waals surface area (Å²) in [6.45, 7) is 3.95. The van der Waals surface area contributed by atoms with E-state index >= 15 is 0 Å². The molecule has 0 spiro atoms. The predicted molar refractivity (Wildman–Crippen MR) is 159 cm³/mol. The zero-order valence-electron chi connectivity index (χ0n) is 23.4. The Labute approximate surface area is 246 Å². The summed E-state index contributed by atoms with van der Waals surface area (Å²) < 4.78 is 5.40. The van der Waals surface area contributed by atoms with Crippen LogP contribution in [0.15, 0.2) is 84.9 Å². The van der Waals surface area contributed by atoms with E-state index in [0.717, 1.165) is 11.1 Å². The second-order valence-electron chi connectivity index (χ2n) is 10.4. The highest BCUT2D eigenvalue weighted by molar-refractivity contribution is 6.31. The first kappa shape index (κ1) is 31.6. The van der Waals surface area contributed by atoms with Gasteiger partial charge in [0.2, 0.25) is 0 Å². The van der Waals surface area contributed by atoms with Crippen molar-refractivity contribution in [1.29, 1.82) is 0 Å². The number of carbonyl (C=O) groups is 3. The van der Waals surface area contributed by atoms with E-state index < -0.39 is 30.3 Å². The maximum atomic E-state index is 13.4. The van der Waals surface area contributed by atoms with Crippen molar-refractivity contribution < 1.29 is 24.2 Å². The Morgan fingerprint density at radius 1 is 0.927 bits per heavy atom. The lowest BCUT2D eigenvalue weighted by Crippen LogP contribution is -2.53. The van der Waals surface area contributed by atoms with E-state index in [1.54, 1.807) is 18.2 Å². The summed E-state index contributed by atoms with van der Waals surface area (Å²) in [5, 5.41) is 17.4. The fraction of sp³-hybridized carbons (Fsp3) is 0.344. The SMILES string of the molecule is CC(C)C[C@@H](C=O)NC(=O)N(Cc1ccccc1Cl)CC(O)C(Cc1ccccc1)NC(=O)OCc1ccccc1. The van der Waals surface area contributed by atoms with E-state index in [0.29, 0.717) is 29.7 Å². The summed E-state index contributed by atoms with van der Waals surface area (Å²) in [7, 11) is 0. The zero-order valence-corrected chi connectivity index (χ0v) is 24.2. The van der Waals surface area contributed by atoms with Gasteiger partial charge in [0, 0.05) is 11.6 Å². The van der Waals surface area contributed by atoms with Gasteiger partial charge in [-0.15, -0.1) is 0 Å². The number of benzene rings is 3. The molecule has 0 aliphatic carbocycles. The number of nitrogens with one attached hydrogen (secondary N) is 2. The van der Waals surface area contributed by atoms with Crippen LogP contribution in [-0.4, -0.2) is 53.1 Å². The van der Waals surface area contributed by atoms with Crippen LogP contribution >= 0.6 is 11.6 Å². The van der Waals surface area contributed by atoms with Gasteiger partial charge in [-0.05, 0) is 41.5 Å². The van der Waals surface area contributed by atoms with E-state index in [1.807, 2.05) is 80.6 Å². The number of hydrogen-bond donors (Lipinski definition) is 3. The Balaban J connectivity index is 1.79. The first-order valence-corrected chi connectivity index (χ1v) is 14.1. The van der Waals surface area contributed by atoms with Gasteiger partial charge in [-0.1, -0.05) is 104 Å². The van der Waals surface area contributed by atoms with Crippen molar-refractivity contribution in [2.24, 2.45) is 5.92 Å². The molecule has 2 unspecified atom stereocenters. The minimum Gasteiger partial charge on any atom is -0.445 e. The number of rotatable bonds is 14. The Morgan fingerprint density at radius 2 is 1.54 bits per heavy atom. The van der Waals surface area contributed by atoms with Crippen molar-refractivity contribution in [1.82, 2.24) is 15.5 Å². The first-order valence-electron chi connectivity index (χ1n) is 13.7. The molecule has 0 fully saturated rings. The maximum absolute atomic E-state index is 13.4. The third-order valence-electron chi connectivity index (χ3n) is 6.49. The Bertz CT molecular complexity index is 1240. The van der Waals surface area contributed by atoms with E-state index in [-0.39, 0.29) is 25.6 Å². The monoisotopic (exact) mass is 579 g/mol. The molecule has 3 atom stereocenters. The third kappa shape index (κ3) is 10.9. The lowest BCUT2D eigenvalue weighted by molar-refractivity contribution is -0.109. The van der Waals surface area contributed by atoms with Crippen molar-refractivity contribution in [2.75, 3.05) is 6.54 Å². The number of aliphatic hydroxyl groups excluding tert-OH is 1. The summed E-state index contributed by atoms with van der Waals surface area (Å²) in [5.74, 6) is 0.189. The standard InChI is InChI=1S/C32H38ClN3O5/c1-23(2)17-27(21-37)34-31(39)36(19-26-15-9-10-16-28(26)33)20-30(38)29(18-24-11-5-3-6-12-24)35-32(40)41-22-25-13-7-4-8-14-25/h3-16,21,23,27,29-30,38H,17-20,22H2,1-2H3,(H,34,39)(H,35,40)/t27-,29?,30?/m0/s1. The van der Waals surface area contributed by atoms with Gasteiger partial charge in [-0.2, -0.15) is 0 Å². The molecule has 0 aliphatic rings. The van der Waals surface area contributed by atoms with E-state index in [4.69, 9.17) is 16.3 Å². The van der Waals surface area contributed by atoms with Crippen molar-refractivity contribution in [3.8, 4) is 0 Å². The zero-order chi connectivity index (χ0) is 29.6. The Kier molecular flexibility index (Phi) is 12.7. The predicted octanol–water partition coefficient (Wildman–Crippen LogP) is 5.36. The number of urea groups is 1. The van der Waals surface area contributed by atoms with Gasteiger partial charge in [0.15, 0.2) is 0 Å². The number of ether oxygens (including phenoxy) is 1. The maximum Gasteiger partial charge on any atom is 0.407 e. The minimum absolute atomic E-state index is 0.0742. The topological polar surface area (TPSA) is 108 Å². The first-order chi connectivity index (χ1) is 19.7. The molecule has 0 radical (unpaired) electrons. The van der Waals surface area contributed by atoms with Crippen LogP contribution in [-0.2, 0) is 29.1 Å². The summed E-state index contributed by atoms with van der Waals surface area (Å²) in [5.41, 5.74) is 2.40. The van der Waals surface area contributed by atoms with Crippen molar-refractivity contribution in [2.45, 2.75) is 58.0 Å². The van der Waals surface area contributed by atoms with Gasteiger partial charge in [0.1, 0.15) is 12.9 Å². The smallest absolute Gasteiger partial charge is 0.407 e. The van der Waals surface area contributed by atoms with E-state index in [9.17, 15) is 19.5 Å². The molecule has 218 valence electrons. The van der Waals surface area contributed by atoms with Gasteiger partial charge in [0.05, 0.1) is 24.7 Å². The number of alkyl carbamates (subject to hydrolysis) is 1. The van der Waals surface area contributed by atoms with Gasteiger partial charge in [0.25, 0.3) is 0 Å². The number of amides is 3. The molecule has 3 rings (SSSR count). The molecule has 0 aliphatic heterocycles. The second-order valence-corrected chi connectivity index (χ2v) is 10.8. The van der Waals surface area contributed by atoms with Crippen LogP contribution in [0.25, 0.3) is 0 Å². The van der Waals surface area contributed by atoms with Crippen molar-refractivity contribution in [3.05, 3.63) is 107 Å². The van der Waals surface area contributed by atoms with Crippen LogP contribution in [0.4, 0.5) is 9.59 Å². The molecule has 3 amide bonds. The number of aliphatic hydroxyl groups is 1. The summed E-state index contributed by atoms with van der Waals surface area (Å²) in [4.78, 5) is 39.2. The van der Waals surface area contributed by atoms with Gasteiger partial charge in [-0.25, -0.2) is 9.59 Å². The molecule has 0 saturated heterocycles. The lowest BCUT2D eigenvalue weighted by atomic mass is 10.0. The average molecular weight is 580 g/mol. The molecule has 8 nitrogen and oxygen atoms in total. The van der Waals surface area contributed by atoms with E-state index in [2.05, 4.69) is 10.6 Å². The highest BCUT2D eigenvalue weighted by atomic mass is 35.5. The lowest BCUT2D eigenvalue weighted by Gasteiger charge is -2.31. The second kappa shape index (κ2) is 16.4. The van der Waals surface area contributed by atoms with E-state index in [1.165, 1.54) is 4.90 Å². The molecule has 3 aromatic rings. The van der Waals surface area contributed by atoms with Crippen LogP contribution in [0.2, 0.25) is 5.02 Å². The minimum atomic E-state index is -1.17. The van der Waals surface area contributed by atoms with Crippen LogP contribution in [0.1, 0.15) is 37.0 Å². The van der Waals surface area contributed by atoms with Crippen molar-refractivity contribution >= 4 is 30.0 Å². The average Bonchev–Trinajstić information content (AvgIpc) is 2.96. The van der Waals surface area contributed by atoms with Crippen LogP contribution in [0.5, 0.6) is 0 Å². The Hall–Kier alpha value is -3.88. The Morgan fingerprint density at radius 3 is 2.15 bits per heavy atom. The highest BCUT2D eigenvalue weighted by Crippen LogP contribution is 2.19. The van der Waals surface area contributed by atoms with Gasteiger partial charge >= 0.3 is 12.1 Å². The number of halogens is 1. The summed E-state index contributed by atoms with van der Waals surface area (Å²) in [6.07, 6.45) is -0.372. The molecule has 0 bridgehead atoms. The highest BCUT2D eigenvalue weighted by Gasteiger charge is 2.28. The largest absolute Gasteiger partial charge is 0.445 e. The fourth-order valence-electron chi connectivity index (χ4n) is 4.38. The summed E-state index contributed by atoms with van der Waals surface area (Å²) in [6, 6.07) is 23.8. The quantitative estimate of drug-likeness (QED) is 0.223. The number of hydrogen-bond acceptors (Lipinski definition) is 5. The molecule has 9 heteroatoms. The fourth-order valence-corrected chi connectivity index (χ4v) is 4.57. The van der Waals surface area contributed by atoms with Gasteiger partial charge < -0.3 is 30.2 Å². The molecule has 0 aromatic heterocycles. The van der Waals surface area contributed by atoms with Gasteiger partial charge in [-0.3, -0.25) is 0 Å². The van der Waals surface area contributed by atoms with Crippen LogP contribution in [0, 0.1) is 5.92 Å².